The Balaban J connectivity index is 2.02. The maximum absolute atomic E-state index is 12.0. The van der Waals surface area contributed by atoms with Crippen molar-refractivity contribution < 1.29 is 34.1 Å². The van der Waals surface area contributed by atoms with E-state index in [4.69, 9.17) is 15.6 Å². The fourth-order valence-corrected chi connectivity index (χ4v) is 2.18. The normalized spacial score (nSPS) is 23.3. The summed E-state index contributed by atoms with van der Waals surface area (Å²) in [6.45, 7) is -0.755. The summed E-state index contributed by atoms with van der Waals surface area (Å²) in [5.74, 6) is -3.22. The summed E-state index contributed by atoms with van der Waals surface area (Å²) in [5.41, 5.74) is 6.54. The van der Waals surface area contributed by atoms with Crippen LogP contribution in [0.15, 0.2) is 30.3 Å². The van der Waals surface area contributed by atoms with Crippen LogP contribution in [0, 0.1) is 0 Å². The van der Waals surface area contributed by atoms with Gasteiger partial charge in [-0.1, -0.05) is 30.3 Å². The molecule has 23 heavy (non-hydrogen) atoms. The number of Topliss-reactive ketones (excluding diaryl/α,β-unsaturated/α-hetero) is 1. The smallest absolute Gasteiger partial charge is 0.379 e. The lowest BCUT2D eigenvalue weighted by Gasteiger charge is -2.21. The molecule has 1 fully saturated rings. The molecule has 8 nitrogen and oxygen atoms in total. The van der Waals surface area contributed by atoms with Gasteiger partial charge in [-0.25, -0.2) is 4.79 Å². The Kier molecular flexibility index (Phi) is 5.43. The topological polar surface area (TPSA) is 136 Å². The first kappa shape index (κ1) is 17.1. The number of benzene rings is 1. The van der Waals surface area contributed by atoms with Gasteiger partial charge in [0.15, 0.2) is 6.10 Å². The lowest BCUT2D eigenvalue weighted by molar-refractivity contribution is -0.161. The molecule has 0 aromatic heterocycles. The molecule has 1 aliphatic heterocycles. The summed E-state index contributed by atoms with van der Waals surface area (Å²) in [4.78, 5) is 34.9. The summed E-state index contributed by atoms with van der Waals surface area (Å²) in [7, 11) is 0. The van der Waals surface area contributed by atoms with Crippen molar-refractivity contribution in [1.82, 2.24) is 0 Å². The van der Waals surface area contributed by atoms with Gasteiger partial charge in [0.05, 0.1) is 6.61 Å². The minimum Gasteiger partial charge on any atom is -0.449 e. The van der Waals surface area contributed by atoms with E-state index >= 15 is 0 Å². The molecule has 1 saturated heterocycles. The van der Waals surface area contributed by atoms with Crippen molar-refractivity contribution in [2.24, 2.45) is 5.73 Å². The average molecular weight is 323 g/mol. The Morgan fingerprint density at radius 2 is 1.96 bits per heavy atom. The molecular formula is C15H17NO7. The SMILES string of the molecule is N[C@@H](Cc1ccccc1)C(=O)OC1C(=O)C(=O)O[C@@H]1[C@@H](O)CO. The highest BCUT2D eigenvalue weighted by Crippen LogP contribution is 2.19. The molecule has 1 unspecified atom stereocenters. The number of carbonyl (C=O) groups is 3. The number of nitrogens with two attached hydrogens (primary N) is 1. The Morgan fingerprint density at radius 1 is 1.30 bits per heavy atom. The maximum Gasteiger partial charge on any atom is 0.379 e. The van der Waals surface area contributed by atoms with Crippen molar-refractivity contribution in [3.63, 3.8) is 0 Å². The van der Waals surface area contributed by atoms with Crippen molar-refractivity contribution in [1.29, 1.82) is 0 Å². The molecule has 0 amide bonds. The number of ketones is 1. The van der Waals surface area contributed by atoms with Gasteiger partial charge in [-0.3, -0.25) is 9.59 Å². The molecular weight excluding hydrogens is 306 g/mol. The lowest BCUT2D eigenvalue weighted by atomic mass is 10.1. The molecule has 2 rings (SSSR count). The van der Waals surface area contributed by atoms with Crippen LogP contribution in [0.25, 0.3) is 0 Å². The number of aliphatic hydroxyl groups excluding tert-OH is 2. The first-order valence-corrected chi connectivity index (χ1v) is 6.97. The van der Waals surface area contributed by atoms with E-state index in [1.807, 2.05) is 6.07 Å². The standard InChI is InChI=1S/C15H17NO7/c16-9(6-8-4-2-1-3-5-8)14(20)23-13-11(19)15(21)22-12(13)10(18)7-17/h1-5,9-10,12-13,17-18H,6-7,16H2/t9-,10-,12+,13?/m0/s1. The van der Waals surface area contributed by atoms with E-state index in [0.717, 1.165) is 5.56 Å². The van der Waals surface area contributed by atoms with Gasteiger partial charge >= 0.3 is 11.9 Å². The minimum atomic E-state index is -1.61. The van der Waals surface area contributed by atoms with Crippen molar-refractivity contribution >= 4 is 17.7 Å². The Labute approximate surface area is 131 Å². The highest BCUT2D eigenvalue weighted by atomic mass is 16.6. The van der Waals surface area contributed by atoms with Gasteiger partial charge in [0.2, 0.25) is 6.10 Å². The van der Waals surface area contributed by atoms with E-state index in [0.29, 0.717) is 0 Å². The van der Waals surface area contributed by atoms with Crippen LogP contribution in [0.1, 0.15) is 5.56 Å². The molecule has 1 aromatic rings. The fraction of sp³-hybridized carbons (Fsp3) is 0.400. The number of esters is 2. The van der Waals surface area contributed by atoms with Gasteiger partial charge in [0.1, 0.15) is 12.1 Å². The van der Waals surface area contributed by atoms with Gasteiger partial charge in [-0.05, 0) is 12.0 Å². The van der Waals surface area contributed by atoms with Gasteiger partial charge in [0, 0.05) is 0 Å². The number of aliphatic hydroxyl groups is 2. The molecule has 1 aromatic carbocycles. The molecule has 124 valence electrons. The van der Waals surface area contributed by atoms with E-state index in [2.05, 4.69) is 4.74 Å². The van der Waals surface area contributed by atoms with Crippen molar-refractivity contribution in [3.8, 4) is 0 Å². The first-order valence-electron chi connectivity index (χ1n) is 6.97. The molecule has 4 N–H and O–H groups in total. The van der Waals surface area contributed by atoms with Crippen LogP contribution in [0.3, 0.4) is 0 Å². The number of hydrogen-bond donors (Lipinski definition) is 3. The largest absolute Gasteiger partial charge is 0.449 e. The lowest BCUT2D eigenvalue weighted by Crippen LogP contribution is -2.45. The summed E-state index contributed by atoms with van der Waals surface area (Å²) in [5, 5.41) is 18.5. The predicted octanol–water partition coefficient (Wildman–Crippen LogP) is -1.68. The summed E-state index contributed by atoms with van der Waals surface area (Å²) >= 11 is 0. The van der Waals surface area contributed by atoms with E-state index < -0.39 is 48.7 Å². The predicted molar refractivity (Wildman–Crippen MR) is 76.0 cm³/mol. The third-order valence-corrected chi connectivity index (χ3v) is 3.41. The molecule has 0 radical (unpaired) electrons. The third-order valence-electron chi connectivity index (χ3n) is 3.41. The average Bonchev–Trinajstić information content (AvgIpc) is 2.83. The van der Waals surface area contributed by atoms with Crippen molar-refractivity contribution in [2.45, 2.75) is 30.8 Å². The Morgan fingerprint density at radius 3 is 2.57 bits per heavy atom. The van der Waals surface area contributed by atoms with Crippen LogP contribution < -0.4 is 5.73 Å². The molecule has 1 heterocycles. The second-order valence-corrected chi connectivity index (χ2v) is 5.14. The number of hydrogen-bond acceptors (Lipinski definition) is 8. The summed E-state index contributed by atoms with van der Waals surface area (Å²) < 4.78 is 9.55. The number of carbonyl (C=O) groups excluding carboxylic acids is 3. The molecule has 0 saturated carbocycles. The van der Waals surface area contributed by atoms with Crippen molar-refractivity contribution in [3.05, 3.63) is 35.9 Å². The second kappa shape index (κ2) is 7.32. The quantitative estimate of drug-likeness (QED) is 0.417. The van der Waals surface area contributed by atoms with Crippen LogP contribution in [0.2, 0.25) is 0 Å². The maximum atomic E-state index is 12.0. The van der Waals surface area contributed by atoms with E-state index in [-0.39, 0.29) is 6.42 Å². The van der Waals surface area contributed by atoms with Gasteiger partial charge < -0.3 is 25.4 Å². The molecule has 0 spiro atoms. The molecule has 4 atom stereocenters. The Hall–Kier alpha value is -2.29. The minimum absolute atomic E-state index is 0.183. The van der Waals surface area contributed by atoms with E-state index in [1.54, 1.807) is 24.3 Å². The fourth-order valence-electron chi connectivity index (χ4n) is 2.18. The van der Waals surface area contributed by atoms with E-state index in [1.165, 1.54) is 0 Å². The van der Waals surface area contributed by atoms with Crippen LogP contribution in [0.4, 0.5) is 0 Å². The Bertz CT molecular complexity index is 589. The van der Waals surface area contributed by atoms with E-state index in [9.17, 15) is 19.5 Å². The summed E-state index contributed by atoms with van der Waals surface area (Å²) in [6.07, 6.45) is -4.40. The molecule has 1 aliphatic rings. The third kappa shape index (κ3) is 3.92. The number of cyclic esters (lactones) is 1. The van der Waals surface area contributed by atoms with Gasteiger partial charge in [-0.2, -0.15) is 0 Å². The monoisotopic (exact) mass is 323 g/mol. The summed E-state index contributed by atoms with van der Waals surface area (Å²) in [6, 6.07) is 7.89. The highest BCUT2D eigenvalue weighted by molar-refractivity contribution is 6.37. The first-order chi connectivity index (χ1) is 10.9. The molecule has 0 aliphatic carbocycles. The zero-order valence-corrected chi connectivity index (χ0v) is 12.1. The number of ether oxygens (including phenoxy) is 2. The van der Waals surface area contributed by atoms with Gasteiger partial charge in [-0.15, -0.1) is 0 Å². The van der Waals surface area contributed by atoms with Crippen LogP contribution >= 0.6 is 0 Å². The number of rotatable bonds is 6. The molecule has 0 bridgehead atoms. The molecule has 8 heteroatoms. The van der Waals surface area contributed by atoms with Gasteiger partial charge in [0.25, 0.3) is 5.78 Å². The highest BCUT2D eigenvalue weighted by Gasteiger charge is 2.49. The van der Waals surface area contributed by atoms with Crippen LogP contribution in [-0.2, 0) is 30.3 Å². The van der Waals surface area contributed by atoms with Crippen LogP contribution in [0.5, 0.6) is 0 Å². The van der Waals surface area contributed by atoms with Crippen molar-refractivity contribution in [2.75, 3.05) is 6.61 Å². The zero-order chi connectivity index (χ0) is 17.0. The van der Waals surface area contributed by atoms with Crippen LogP contribution in [-0.4, -0.2) is 58.9 Å². The second-order valence-electron chi connectivity index (χ2n) is 5.14. The zero-order valence-electron chi connectivity index (χ0n) is 12.1.